The molecule has 0 radical (unpaired) electrons. The minimum Gasteiger partial charge on any atom is -0.383 e. The summed E-state index contributed by atoms with van der Waals surface area (Å²) >= 11 is 3.40. The zero-order valence-corrected chi connectivity index (χ0v) is 10.4. The first-order valence-corrected chi connectivity index (χ1v) is 6.02. The molecule has 0 aliphatic carbocycles. The van der Waals surface area contributed by atoms with E-state index in [1.165, 1.54) is 5.56 Å². The first-order valence-electron chi connectivity index (χ1n) is 5.23. The third-order valence-corrected chi connectivity index (χ3v) is 2.72. The average Bonchev–Trinajstić information content (AvgIpc) is 2.30. The van der Waals surface area contributed by atoms with E-state index < -0.39 is 0 Å². The highest BCUT2D eigenvalue weighted by atomic mass is 79.9. The summed E-state index contributed by atoms with van der Waals surface area (Å²) in [5.41, 5.74) is 2.39. The molecule has 1 aromatic heterocycles. The summed E-state index contributed by atoms with van der Waals surface area (Å²) in [6.07, 6.45) is 4.63. The van der Waals surface area contributed by atoms with Gasteiger partial charge in [-0.05, 0) is 34.0 Å². The van der Waals surface area contributed by atoms with Crippen molar-refractivity contribution < 1.29 is 0 Å². The smallest absolute Gasteiger partial charge is 0.0538 e. The van der Waals surface area contributed by atoms with Crippen LogP contribution in [0.15, 0.2) is 53.3 Å². The van der Waals surface area contributed by atoms with Crippen LogP contribution in [0.1, 0.15) is 5.56 Å². The number of hydrogen-bond acceptors (Lipinski definition) is 2. The molecule has 0 saturated carbocycles. The first-order chi connectivity index (χ1) is 7.84. The van der Waals surface area contributed by atoms with Crippen LogP contribution < -0.4 is 5.32 Å². The lowest BCUT2D eigenvalue weighted by atomic mass is 10.1. The molecule has 0 spiro atoms. The Morgan fingerprint density at radius 1 is 1.12 bits per heavy atom. The van der Waals surface area contributed by atoms with Crippen molar-refractivity contribution in [1.29, 1.82) is 0 Å². The number of halogens is 1. The molecule has 1 heterocycles. The SMILES string of the molecule is Brc1cncc(NCCc2ccccc2)c1. The summed E-state index contributed by atoms with van der Waals surface area (Å²) in [7, 11) is 0. The fourth-order valence-corrected chi connectivity index (χ4v) is 1.87. The van der Waals surface area contributed by atoms with Crippen molar-refractivity contribution in [3.05, 3.63) is 58.8 Å². The Morgan fingerprint density at radius 2 is 1.94 bits per heavy atom. The number of benzene rings is 1. The van der Waals surface area contributed by atoms with Crippen LogP contribution in [-0.4, -0.2) is 11.5 Å². The predicted octanol–water partition coefficient (Wildman–Crippen LogP) is 3.50. The number of anilines is 1. The maximum Gasteiger partial charge on any atom is 0.0538 e. The molecule has 0 fully saturated rings. The van der Waals surface area contributed by atoms with Crippen molar-refractivity contribution in [1.82, 2.24) is 4.98 Å². The molecular weight excluding hydrogens is 264 g/mol. The standard InChI is InChI=1S/C13H13BrN2/c14-12-8-13(10-15-9-12)16-7-6-11-4-2-1-3-5-11/h1-5,8-10,16H,6-7H2. The molecule has 2 rings (SSSR count). The van der Waals surface area contributed by atoms with E-state index >= 15 is 0 Å². The molecule has 2 nitrogen and oxygen atoms in total. The van der Waals surface area contributed by atoms with E-state index in [9.17, 15) is 0 Å². The highest BCUT2D eigenvalue weighted by molar-refractivity contribution is 9.10. The molecule has 0 saturated heterocycles. The lowest BCUT2D eigenvalue weighted by molar-refractivity contribution is 1.02. The zero-order chi connectivity index (χ0) is 11.2. The number of hydrogen-bond donors (Lipinski definition) is 1. The maximum absolute atomic E-state index is 4.10. The Labute approximate surface area is 104 Å². The summed E-state index contributed by atoms with van der Waals surface area (Å²) < 4.78 is 0.997. The van der Waals surface area contributed by atoms with E-state index in [0.717, 1.165) is 23.1 Å². The van der Waals surface area contributed by atoms with Crippen molar-refractivity contribution in [2.75, 3.05) is 11.9 Å². The number of nitrogens with one attached hydrogen (secondary N) is 1. The quantitative estimate of drug-likeness (QED) is 0.925. The van der Waals surface area contributed by atoms with Crippen molar-refractivity contribution >= 4 is 21.6 Å². The molecule has 1 N–H and O–H groups in total. The molecule has 82 valence electrons. The molecule has 0 bridgehead atoms. The molecule has 0 atom stereocenters. The van der Waals surface area contributed by atoms with Crippen molar-refractivity contribution in [2.45, 2.75) is 6.42 Å². The summed E-state index contributed by atoms with van der Waals surface area (Å²) in [6, 6.07) is 12.5. The molecule has 3 heteroatoms. The van der Waals surface area contributed by atoms with Gasteiger partial charge in [-0.3, -0.25) is 4.98 Å². The summed E-state index contributed by atoms with van der Waals surface area (Å²) in [5, 5.41) is 3.34. The van der Waals surface area contributed by atoms with Gasteiger partial charge in [0.2, 0.25) is 0 Å². The largest absolute Gasteiger partial charge is 0.383 e. The normalized spacial score (nSPS) is 10.1. The molecule has 0 aliphatic heterocycles. The Kier molecular flexibility index (Phi) is 3.94. The molecule has 2 aromatic rings. The molecule has 0 amide bonds. The average molecular weight is 277 g/mol. The lowest BCUT2D eigenvalue weighted by Crippen LogP contribution is -2.04. The van der Waals surface area contributed by atoms with Gasteiger partial charge in [0.25, 0.3) is 0 Å². The fraction of sp³-hybridized carbons (Fsp3) is 0.154. The Morgan fingerprint density at radius 3 is 2.69 bits per heavy atom. The molecule has 16 heavy (non-hydrogen) atoms. The van der Waals surface area contributed by atoms with Crippen LogP contribution in [0.2, 0.25) is 0 Å². The molecular formula is C13H13BrN2. The molecule has 1 aromatic carbocycles. The zero-order valence-electron chi connectivity index (χ0n) is 8.86. The number of pyridine rings is 1. The van der Waals surface area contributed by atoms with Gasteiger partial charge in [-0.15, -0.1) is 0 Å². The number of aromatic nitrogens is 1. The molecule has 0 aliphatic rings. The second kappa shape index (κ2) is 5.66. The molecule has 0 unspecified atom stereocenters. The van der Waals surface area contributed by atoms with Gasteiger partial charge in [0.1, 0.15) is 0 Å². The predicted molar refractivity (Wildman–Crippen MR) is 70.6 cm³/mol. The second-order valence-electron chi connectivity index (χ2n) is 3.55. The Hall–Kier alpha value is -1.35. The van der Waals surface area contributed by atoms with Gasteiger partial charge in [0, 0.05) is 17.2 Å². The van der Waals surface area contributed by atoms with E-state index in [1.54, 1.807) is 6.20 Å². The summed E-state index contributed by atoms with van der Waals surface area (Å²) in [6.45, 7) is 0.919. The van der Waals surface area contributed by atoms with Crippen LogP contribution >= 0.6 is 15.9 Å². The number of nitrogens with zero attached hydrogens (tertiary/aromatic N) is 1. The number of rotatable bonds is 4. The summed E-state index contributed by atoms with van der Waals surface area (Å²) in [5.74, 6) is 0. The van der Waals surface area contributed by atoms with E-state index in [1.807, 2.05) is 18.3 Å². The van der Waals surface area contributed by atoms with Gasteiger partial charge in [0.05, 0.1) is 11.9 Å². The van der Waals surface area contributed by atoms with Crippen LogP contribution in [-0.2, 0) is 6.42 Å². The second-order valence-corrected chi connectivity index (χ2v) is 4.47. The Balaban J connectivity index is 1.85. The third kappa shape index (κ3) is 3.35. The van der Waals surface area contributed by atoms with Gasteiger partial charge in [0.15, 0.2) is 0 Å². The van der Waals surface area contributed by atoms with Crippen molar-refractivity contribution in [3.8, 4) is 0 Å². The summed E-state index contributed by atoms with van der Waals surface area (Å²) in [4.78, 5) is 4.10. The monoisotopic (exact) mass is 276 g/mol. The maximum atomic E-state index is 4.10. The van der Waals surface area contributed by atoms with Crippen LogP contribution in [0.25, 0.3) is 0 Å². The van der Waals surface area contributed by atoms with E-state index in [4.69, 9.17) is 0 Å². The van der Waals surface area contributed by atoms with Crippen molar-refractivity contribution in [2.24, 2.45) is 0 Å². The highest BCUT2D eigenvalue weighted by Crippen LogP contribution is 2.13. The van der Waals surface area contributed by atoms with Crippen LogP contribution in [0.4, 0.5) is 5.69 Å². The van der Waals surface area contributed by atoms with Crippen LogP contribution in [0.3, 0.4) is 0 Å². The van der Waals surface area contributed by atoms with Gasteiger partial charge in [-0.25, -0.2) is 0 Å². The van der Waals surface area contributed by atoms with Crippen LogP contribution in [0.5, 0.6) is 0 Å². The fourth-order valence-electron chi connectivity index (χ4n) is 1.50. The topological polar surface area (TPSA) is 24.9 Å². The Bertz CT molecular complexity index is 443. The van der Waals surface area contributed by atoms with Gasteiger partial charge >= 0.3 is 0 Å². The first kappa shape index (κ1) is 11.1. The van der Waals surface area contributed by atoms with E-state index in [-0.39, 0.29) is 0 Å². The van der Waals surface area contributed by atoms with Gasteiger partial charge < -0.3 is 5.32 Å². The van der Waals surface area contributed by atoms with Gasteiger partial charge in [-0.2, -0.15) is 0 Å². The third-order valence-electron chi connectivity index (χ3n) is 2.29. The lowest BCUT2D eigenvalue weighted by Gasteiger charge is -2.06. The minimum atomic E-state index is 0.919. The minimum absolute atomic E-state index is 0.919. The van der Waals surface area contributed by atoms with E-state index in [0.29, 0.717) is 0 Å². The van der Waals surface area contributed by atoms with Crippen LogP contribution in [0, 0.1) is 0 Å². The highest BCUT2D eigenvalue weighted by Gasteiger charge is 1.94. The van der Waals surface area contributed by atoms with E-state index in [2.05, 4.69) is 50.5 Å². The van der Waals surface area contributed by atoms with Crippen molar-refractivity contribution in [3.63, 3.8) is 0 Å². The van der Waals surface area contributed by atoms with Gasteiger partial charge in [-0.1, -0.05) is 30.3 Å².